The molecule has 0 fully saturated rings. The van der Waals surface area contributed by atoms with Gasteiger partial charge in [0.2, 0.25) is 0 Å². The van der Waals surface area contributed by atoms with Gasteiger partial charge in [-0.3, -0.25) is 0 Å². The summed E-state index contributed by atoms with van der Waals surface area (Å²) in [5.74, 6) is -0.558. The summed E-state index contributed by atoms with van der Waals surface area (Å²) in [6, 6.07) is 8.52. The molecule has 1 spiro atoms. The van der Waals surface area contributed by atoms with Crippen LogP contribution in [-0.4, -0.2) is 29.7 Å². The molecule has 29 heavy (non-hydrogen) atoms. The van der Waals surface area contributed by atoms with Gasteiger partial charge in [-0.1, -0.05) is 46.4 Å². The summed E-state index contributed by atoms with van der Waals surface area (Å²) in [5.41, 5.74) is 6.41. The second-order valence-electron chi connectivity index (χ2n) is 6.86. The molecule has 0 aliphatic carbocycles. The van der Waals surface area contributed by atoms with Crippen molar-refractivity contribution in [1.29, 1.82) is 0 Å². The quantitative estimate of drug-likeness (QED) is 0.275. The van der Waals surface area contributed by atoms with Crippen LogP contribution < -0.4 is 10.7 Å². The van der Waals surface area contributed by atoms with E-state index in [9.17, 15) is 0 Å². The third-order valence-corrected chi connectivity index (χ3v) is 5.75. The molecule has 8 rings (SSSR count). The van der Waals surface area contributed by atoms with Gasteiger partial charge in [0.1, 0.15) is 0 Å². The predicted octanol–water partition coefficient (Wildman–Crippen LogP) is -0.118. The Balaban J connectivity index is 0.000000512. The van der Waals surface area contributed by atoms with Gasteiger partial charge >= 0.3 is 5.91 Å². The van der Waals surface area contributed by atoms with Crippen LogP contribution in [0.4, 0.5) is 0 Å². The summed E-state index contributed by atoms with van der Waals surface area (Å²) in [4.78, 5) is 0. The summed E-state index contributed by atoms with van der Waals surface area (Å²) >= 11 is 0. The van der Waals surface area contributed by atoms with Crippen LogP contribution in [-0.2, 0) is 137 Å². The third kappa shape index (κ3) is 2.45. The van der Waals surface area contributed by atoms with E-state index in [1.54, 1.807) is 0 Å². The van der Waals surface area contributed by atoms with E-state index >= 15 is 0 Å². The van der Waals surface area contributed by atoms with Crippen molar-refractivity contribution in [1.82, 2.24) is 9.13 Å². The minimum absolute atomic E-state index is 0. The van der Waals surface area contributed by atoms with Crippen molar-refractivity contribution in [3.63, 3.8) is 0 Å². The Labute approximate surface area is 268 Å². The van der Waals surface area contributed by atoms with Crippen LogP contribution >= 0.6 is 0 Å². The first-order chi connectivity index (χ1) is 12.4. The van der Waals surface area contributed by atoms with Gasteiger partial charge in [-0.25, -0.2) is 9.13 Å². The third-order valence-electron chi connectivity index (χ3n) is 5.75. The molecule has 0 bridgehead atoms. The Kier molecular flexibility index (Phi) is 6.01. The van der Waals surface area contributed by atoms with Gasteiger partial charge in [0.05, 0.1) is 22.8 Å². The molecule has 6 aliphatic heterocycles. The minimum Gasteiger partial charge on any atom is -0.249 e. The van der Waals surface area contributed by atoms with Gasteiger partial charge in [-0.05, 0) is 0 Å². The molecule has 126 valence electrons. The van der Waals surface area contributed by atoms with Crippen molar-refractivity contribution in [2.75, 3.05) is 0 Å². The molecule has 8 heteroatoms. The van der Waals surface area contributed by atoms with Crippen LogP contribution in [0.1, 0.15) is 11.4 Å². The van der Waals surface area contributed by atoms with Gasteiger partial charge in [0.25, 0.3) is 0 Å². The van der Waals surface area contributed by atoms with Crippen LogP contribution in [0.5, 0.6) is 0 Å². The maximum absolute atomic E-state index is 3.56. The van der Waals surface area contributed by atoms with Crippen LogP contribution in [0, 0.1) is 12.2 Å². The van der Waals surface area contributed by atoms with E-state index in [0.29, 0.717) is 0 Å². The average Bonchev–Trinajstić information content (AvgIpc) is 3.38. The van der Waals surface area contributed by atoms with Crippen LogP contribution in [0.25, 0.3) is 12.2 Å². The topological polar surface area (TPSA) is 15.9 Å². The number of hydrogen-bond acceptors (Lipinski definition) is 0. The Morgan fingerprint density at radius 3 is 1.55 bits per heavy atom. The molecule has 2 aromatic heterocycles. The van der Waals surface area contributed by atoms with Crippen molar-refractivity contribution in [2.24, 2.45) is 0 Å². The summed E-state index contributed by atoms with van der Waals surface area (Å²) in [6.45, 7) is 0. The fraction of sp³-hybridized carbons (Fsp3) is 0.0476. The molecule has 4 nitrogen and oxygen atoms in total. The van der Waals surface area contributed by atoms with Gasteiger partial charge in [0, 0.05) is 131 Å². The molecule has 0 unspecified atom stereocenters. The summed E-state index contributed by atoms with van der Waals surface area (Å²) in [7, 11) is 0. The van der Waals surface area contributed by atoms with Gasteiger partial charge in [-0.15, -0.1) is 33.5 Å². The molecule has 6 aliphatic rings. The maximum Gasteiger partial charge on any atom is 0.539 e. The van der Waals surface area contributed by atoms with E-state index in [1.807, 2.05) is 0 Å². The van der Waals surface area contributed by atoms with E-state index in [1.165, 1.54) is 0 Å². The summed E-state index contributed by atoms with van der Waals surface area (Å²) in [5, 5.41) is 2.14. The van der Waals surface area contributed by atoms with E-state index < -0.39 is 5.91 Å². The number of aromatic nitrogens is 2. The van der Waals surface area contributed by atoms with E-state index in [0.717, 1.165) is 44.9 Å². The Bertz CT molecular complexity index is 1340. The molecule has 4 radical (unpaired) electrons. The fourth-order valence-electron chi connectivity index (χ4n) is 4.95. The molecule has 2 aromatic rings. The van der Waals surface area contributed by atoms with Crippen LogP contribution in [0.2, 0.25) is 0 Å². The van der Waals surface area contributed by atoms with Crippen molar-refractivity contribution in [3.05, 3.63) is 94.2 Å². The molecule has 0 atom stereocenters. The first kappa shape index (κ1) is 23.2. The van der Waals surface area contributed by atoms with Crippen molar-refractivity contribution >= 4 is 23.6 Å². The molecule has 0 saturated carbocycles. The smallest absolute Gasteiger partial charge is 0.249 e. The molecular weight excluding hydrogens is 664 g/mol. The SMILES string of the molecule is [C-]1=C2C=CC3=[N+]2C24n5c1ccc5[C-]=C1C=CC(=[N+]12)[C-]=c1ccc(n14)=[C-]3.[Y].[Y].[Y].[Y]. The molecule has 0 aromatic carbocycles. The Morgan fingerprint density at radius 1 is 0.586 bits per heavy atom. The molecule has 0 amide bonds. The summed E-state index contributed by atoms with van der Waals surface area (Å²) < 4.78 is 9.31. The number of rotatable bonds is 0. The van der Waals surface area contributed by atoms with Gasteiger partial charge in [0.15, 0.2) is 0 Å². The second-order valence-corrected chi connectivity index (χ2v) is 6.86. The fourth-order valence-corrected chi connectivity index (χ4v) is 4.95. The zero-order chi connectivity index (χ0) is 15.9. The van der Waals surface area contributed by atoms with Crippen molar-refractivity contribution < 1.29 is 140 Å². The zero-order valence-corrected chi connectivity index (χ0v) is 26.6. The molecule has 0 saturated heterocycles. The zero-order valence-electron chi connectivity index (χ0n) is 15.2. The minimum atomic E-state index is -0.558. The number of nitrogens with zero attached hydrogens (tertiary/aromatic N) is 4. The molecule has 0 N–H and O–H groups in total. The van der Waals surface area contributed by atoms with Crippen LogP contribution in [0.3, 0.4) is 0 Å². The normalized spacial score (nSPS) is 20.0. The van der Waals surface area contributed by atoms with E-state index in [-0.39, 0.29) is 131 Å². The Morgan fingerprint density at radius 2 is 1.07 bits per heavy atom. The van der Waals surface area contributed by atoms with Crippen molar-refractivity contribution in [3.8, 4) is 0 Å². The van der Waals surface area contributed by atoms with E-state index in [4.69, 9.17) is 0 Å². The number of allylic oxidation sites excluding steroid dienone is 4. The van der Waals surface area contributed by atoms with Gasteiger partial charge < -0.3 is 0 Å². The van der Waals surface area contributed by atoms with Gasteiger partial charge in [-0.2, -0.15) is 24.3 Å². The van der Waals surface area contributed by atoms with Crippen LogP contribution in [0.15, 0.2) is 60.0 Å². The second kappa shape index (κ2) is 7.52. The largest absolute Gasteiger partial charge is 0.539 e. The van der Waals surface area contributed by atoms with E-state index in [2.05, 4.69) is 91.2 Å². The molecule has 8 heterocycles. The monoisotopic (exact) mass is 672 g/mol. The standard InChI is InChI=1S/C21H8N4.4Y/c1-2-14-10-16-5-6-18-12-20-8-7-19-11-17-4-3-15-9-13(1)22(14)21(23(15)17,24(16)18)25(19)20;;;;/h1-8H;;;;/q-2;;;;. The van der Waals surface area contributed by atoms with Crippen molar-refractivity contribution in [2.45, 2.75) is 5.91 Å². The summed E-state index contributed by atoms with van der Waals surface area (Å²) in [6.07, 6.45) is 22.8. The Hall–Kier alpha value is 1.02. The predicted molar refractivity (Wildman–Crippen MR) is 88.8 cm³/mol. The maximum atomic E-state index is 3.56. The average molecular weight is 672 g/mol. The first-order valence-electron chi connectivity index (χ1n) is 8.33. The molecular formula is C21H8N4Y4-2. The number of hydrogen-bond donors (Lipinski definition) is 0. The first-order valence-corrected chi connectivity index (χ1v) is 8.33.